The number of nitrogens with two attached hydrogens (primary N) is 1. The van der Waals surface area contributed by atoms with Gasteiger partial charge in [-0.15, -0.1) is 0 Å². The SMILES string of the molecule is CC(C)OC(=O)C(C)OP(=O)(COC(C)Cn1cnc2c(N)ncnc21)NC(C)(C)C(=O)OC1CCC1. The van der Waals surface area contributed by atoms with Crippen molar-refractivity contribution in [3.05, 3.63) is 12.7 Å². The van der Waals surface area contributed by atoms with Crippen LogP contribution in [0.4, 0.5) is 5.82 Å². The Bertz CT molecular complexity index is 1150. The number of hydrogen-bond donors (Lipinski definition) is 2. The monoisotopic (exact) mass is 540 g/mol. The average Bonchev–Trinajstić information content (AvgIpc) is 3.17. The third-order valence-corrected chi connectivity index (χ3v) is 7.76. The summed E-state index contributed by atoms with van der Waals surface area (Å²) in [6.45, 7) is 10.0. The Morgan fingerprint density at radius 3 is 2.54 bits per heavy atom. The first kappa shape index (κ1) is 29.0. The number of aromatic nitrogens is 4. The predicted molar refractivity (Wildman–Crippen MR) is 135 cm³/mol. The number of nitrogen functional groups attached to an aromatic ring is 1. The van der Waals surface area contributed by atoms with Crippen molar-refractivity contribution in [2.24, 2.45) is 0 Å². The van der Waals surface area contributed by atoms with Crippen LogP contribution < -0.4 is 10.8 Å². The lowest BCUT2D eigenvalue weighted by Gasteiger charge is -2.34. The minimum atomic E-state index is -3.93. The Kier molecular flexibility index (Phi) is 9.27. The molecule has 0 radical (unpaired) electrons. The molecule has 3 unspecified atom stereocenters. The molecule has 1 aliphatic carbocycles. The highest BCUT2D eigenvalue weighted by Crippen LogP contribution is 2.46. The Hall–Kier alpha value is -2.60. The first-order chi connectivity index (χ1) is 17.3. The van der Waals surface area contributed by atoms with Crippen LogP contribution in [0.2, 0.25) is 0 Å². The molecule has 3 atom stereocenters. The first-order valence-electron chi connectivity index (χ1n) is 12.3. The van der Waals surface area contributed by atoms with Crippen LogP contribution in [-0.4, -0.2) is 67.8 Å². The fourth-order valence-corrected chi connectivity index (χ4v) is 5.73. The van der Waals surface area contributed by atoms with E-state index < -0.39 is 43.6 Å². The van der Waals surface area contributed by atoms with Gasteiger partial charge in [0, 0.05) is 0 Å². The van der Waals surface area contributed by atoms with Crippen molar-refractivity contribution in [3.8, 4) is 0 Å². The molecule has 0 spiro atoms. The highest BCUT2D eigenvalue weighted by Gasteiger charge is 2.42. The van der Waals surface area contributed by atoms with Gasteiger partial charge in [-0.1, -0.05) is 0 Å². The molecular weight excluding hydrogens is 503 g/mol. The molecule has 3 N–H and O–H groups in total. The molecule has 3 rings (SSSR count). The number of ether oxygens (including phenoxy) is 3. The van der Waals surface area contributed by atoms with E-state index in [1.807, 2.05) is 0 Å². The second-order valence-corrected chi connectivity index (χ2v) is 12.1. The predicted octanol–water partition coefficient (Wildman–Crippen LogP) is 2.78. The first-order valence-corrected chi connectivity index (χ1v) is 14.1. The van der Waals surface area contributed by atoms with E-state index >= 15 is 0 Å². The van der Waals surface area contributed by atoms with Crippen LogP contribution in [0.1, 0.15) is 60.8 Å². The Labute approximate surface area is 216 Å². The fraction of sp³-hybridized carbons (Fsp3) is 0.696. The quantitative estimate of drug-likeness (QED) is 0.282. The van der Waals surface area contributed by atoms with Crippen LogP contribution in [0.15, 0.2) is 12.7 Å². The molecule has 206 valence electrons. The molecule has 2 heterocycles. The summed E-state index contributed by atoms with van der Waals surface area (Å²) < 4.78 is 37.9. The van der Waals surface area contributed by atoms with Gasteiger partial charge in [0.15, 0.2) is 17.6 Å². The maximum absolute atomic E-state index is 13.9. The molecule has 0 aromatic carbocycles. The minimum absolute atomic E-state index is 0.145. The zero-order valence-corrected chi connectivity index (χ0v) is 23.1. The summed E-state index contributed by atoms with van der Waals surface area (Å²) in [6, 6.07) is 0. The standard InChI is InChI=1S/C23H37N6O7P/c1-14(2)34-21(30)16(4)36-37(32,28-23(5,6)22(31)35-17-8-7-9-17)13-33-15(3)10-29-12-27-18-19(24)25-11-26-20(18)29/h11-12,14-17H,7-10,13H2,1-6H3,(H,28,32)(H2,24,25,26). The van der Waals surface area contributed by atoms with E-state index in [-0.39, 0.29) is 18.0 Å². The Balaban J connectivity index is 1.71. The molecule has 0 bridgehead atoms. The maximum Gasteiger partial charge on any atom is 0.335 e. The lowest BCUT2D eigenvalue weighted by molar-refractivity contribution is -0.159. The van der Waals surface area contributed by atoms with Crippen molar-refractivity contribution in [2.75, 3.05) is 12.1 Å². The van der Waals surface area contributed by atoms with Gasteiger partial charge >= 0.3 is 11.9 Å². The van der Waals surface area contributed by atoms with Crippen molar-refractivity contribution in [3.63, 3.8) is 0 Å². The number of nitrogens with zero attached hydrogens (tertiary/aromatic N) is 4. The maximum atomic E-state index is 13.9. The molecule has 37 heavy (non-hydrogen) atoms. The summed E-state index contributed by atoms with van der Waals surface area (Å²) in [5.41, 5.74) is 5.48. The van der Waals surface area contributed by atoms with Gasteiger partial charge in [-0.05, 0) is 60.8 Å². The van der Waals surface area contributed by atoms with Gasteiger partial charge in [-0.3, -0.25) is 9.36 Å². The number of anilines is 1. The molecule has 2 aromatic heterocycles. The molecule has 2 aromatic rings. The van der Waals surface area contributed by atoms with E-state index in [9.17, 15) is 14.2 Å². The zero-order valence-electron chi connectivity index (χ0n) is 22.2. The molecule has 1 aliphatic rings. The van der Waals surface area contributed by atoms with Gasteiger partial charge in [-0.2, -0.15) is 0 Å². The average molecular weight is 541 g/mol. The molecule has 1 fully saturated rings. The van der Waals surface area contributed by atoms with Gasteiger partial charge in [0.05, 0.1) is 25.1 Å². The van der Waals surface area contributed by atoms with Crippen LogP contribution in [0, 0.1) is 0 Å². The summed E-state index contributed by atoms with van der Waals surface area (Å²) in [7, 11) is -3.93. The molecule has 0 aliphatic heterocycles. The summed E-state index contributed by atoms with van der Waals surface area (Å²) in [6.07, 6.45) is 2.92. The Morgan fingerprint density at radius 2 is 1.92 bits per heavy atom. The second-order valence-electron chi connectivity index (χ2n) is 10.0. The van der Waals surface area contributed by atoms with E-state index in [1.54, 1.807) is 45.5 Å². The van der Waals surface area contributed by atoms with Gasteiger partial charge < -0.3 is 29.0 Å². The molecular formula is C23H37N6O7P. The molecule has 0 amide bonds. The van der Waals surface area contributed by atoms with Crippen LogP contribution in [0.5, 0.6) is 0 Å². The normalized spacial score (nSPS) is 17.7. The lowest BCUT2D eigenvalue weighted by atomic mass is 9.96. The zero-order chi connectivity index (χ0) is 27.4. The summed E-state index contributed by atoms with van der Waals surface area (Å²) >= 11 is 0. The van der Waals surface area contributed by atoms with Gasteiger partial charge in [0.2, 0.25) is 0 Å². The number of carbonyl (C=O) groups is 2. The number of carbonyl (C=O) groups excluding carboxylic acids is 2. The third kappa shape index (κ3) is 7.70. The summed E-state index contributed by atoms with van der Waals surface area (Å²) in [5.74, 6) is -0.978. The van der Waals surface area contributed by atoms with E-state index in [0.717, 1.165) is 19.3 Å². The summed E-state index contributed by atoms with van der Waals surface area (Å²) in [4.78, 5) is 37.5. The van der Waals surface area contributed by atoms with Crippen LogP contribution in [0.25, 0.3) is 11.2 Å². The van der Waals surface area contributed by atoms with E-state index in [4.69, 9.17) is 24.5 Å². The van der Waals surface area contributed by atoms with Crippen molar-refractivity contribution in [1.82, 2.24) is 24.6 Å². The van der Waals surface area contributed by atoms with Crippen LogP contribution in [0.3, 0.4) is 0 Å². The number of nitrogens with one attached hydrogen (secondary N) is 1. The molecule has 14 heteroatoms. The van der Waals surface area contributed by atoms with E-state index in [1.165, 1.54) is 13.3 Å². The highest BCUT2D eigenvalue weighted by atomic mass is 31.2. The van der Waals surface area contributed by atoms with Crippen molar-refractivity contribution < 1.29 is 32.9 Å². The number of esters is 2. The minimum Gasteiger partial charge on any atom is -0.461 e. The van der Waals surface area contributed by atoms with E-state index in [0.29, 0.717) is 17.7 Å². The van der Waals surface area contributed by atoms with Gasteiger partial charge in [-0.25, -0.2) is 24.8 Å². The number of fused-ring (bicyclic) bond motifs is 1. The van der Waals surface area contributed by atoms with Gasteiger partial charge in [0.25, 0.3) is 7.52 Å². The van der Waals surface area contributed by atoms with Crippen molar-refractivity contribution >= 4 is 36.4 Å². The number of imidazole rings is 1. The molecule has 0 saturated heterocycles. The Morgan fingerprint density at radius 1 is 1.22 bits per heavy atom. The summed E-state index contributed by atoms with van der Waals surface area (Å²) in [5, 5.41) is 2.78. The van der Waals surface area contributed by atoms with Crippen LogP contribution >= 0.6 is 7.52 Å². The molecule has 1 saturated carbocycles. The smallest absolute Gasteiger partial charge is 0.335 e. The van der Waals surface area contributed by atoms with Crippen molar-refractivity contribution in [2.45, 2.75) is 97.3 Å². The topological polar surface area (TPSA) is 170 Å². The largest absolute Gasteiger partial charge is 0.461 e. The van der Waals surface area contributed by atoms with Crippen molar-refractivity contribution in [1.29, 1.82) is 0 Å². The number of hydrogen-bond acceptors (Lipinski definition) is 11. The highest BCUT2D eigenvalue weighted by molar-refractivity contribution is 7.56. The van der Waals surface area contributed by atoms with Crippen LogP contribution in [-0.2, 0) is 39.4 Å². The third-order valence-electron chi connectivity index (χ3n) is 5.71. The fourth-order valence-electron chi connectivity index (χ4n) is 3.56. The second kappa shape index (κ2) is 11.8. The van der Waals surface area contributed by atoms with Gasteiger partial charge in [0.1, 0.15) is 29.8 Å². The lowest BCUT2D eigenvalue weighted by Crippen LogP contribution is -2.49. The van der Waals surface area contributed by atoms with E-state index in [2.05, 4.69) is 20.0 Å². The number of rotatable bonds is 13. The molecule has 13 nitrogen and oxygen atoms in total.